The molecule has 2 heteroatoms. The van der Waals surface area contributed by atoms with E-state index in [2.05, 4.69) is 132 Å². The van der Waals surface area contributed by atoms with E-state index < -0.39 is 0 Å². The summed E-state index contributed by atoms with van der Waals surface area (Å²) in [6.45, 7) is 28.1. The molecule has 1 aliphatic carbocycles. The van der Waals surface area contributed by atoms with Gasteiger partial charge >= 0.3 is 0 Å². The first-order valence-electron chi connectivity index (χ1n) is 19.5. The van der Waals surface area contributed by atoms with E-state index in [1.807, 2.05) is 27.7 Å². The maximum absolute atomic E-state index is 6.26. The third-order valence-electron chi connectivity index (χ3n) is 10.9. The van der Waals surface area contributed by atoms with Gasteiger partial charge in [-0.1, -0.05) is 122 Å². The number of nitrogens with zero attached hydrogens (tertiary/aromatic N) is 1. The van der Waals surface area contributed by atoms with Gasteiger partial charge in [-0.05, 0) is 123 Å². The van der Waals surface area contributed by atoms with E-state index in [-0.39, 0.29) is 11.0 Å². The number of anilines is 1. The van der Waals surface area contributed by atoms with Crippen LogP contribution in [0.25, 0.3) is 0 Å². The molecule has 2 nitrogen and oxygen atoms in total. The molecule has 0 bridgehead atoms. The van der Waals surface area contributed by atoms with Gasteiger partial charge in [0.05, 0.1) is 0 Å². The number of hydrogen-bond donors (Lipinski definition) is 0. The van der Waals surface area contributed by atoms with Crippen molar-refractivity contribution in [1.29, 1.82) is 0 Å². The molecular weight excluding hydrogens is 583 g/mol. The lowest BCUT2D eigenvalue weighted by atomic mass is 9.68. The van der Waals surface area contributed by atoms with Gasteiger partial charge in [0.2, 0.25) is 0 Å². The molecule has 0 spiro atoms. The first-order valence-corrected chi connectivity index (χ1v) is 19.5. The number of benzene rings is 3. The maximum atomic E-state index is 6.26. The van der Waals surface area contributed by atoms with Gasteiger partial charge in [-0.2, -0.15) is 0 Å². The summed E-state index contributed by atoms with van der Waals surface area (Å²) in [5, 5.41) is 0. The lowest BCUT2D eigenvalue weighted by Crippen LogP contribution is -2.40. The molecule has 1 aliphatic heterocycles. The van der Waals surface area contributed by atoms with Gasteiger partial charge in [0, 0.05) is 24.7 Å². The van der Waals surface area contributed by atoms with Crippen molar-refractivity contribution in [2.24, 2.45) is 17.3 Å². The van der Waals surface area contributed by atoms with Crippen LogP contribution < -0.4 is 9.64 Å². The Balaban J connectivity index is 0.00000151. The average Bonchev–Trinajstić information content (AvgIpc) is 3.13. The summed E-state index contributed by atoms with van der Waals surface area (Å²) < 4.78 is 6.26. The van der Waals surface area contributed by atoms with Crippen LogP contribution in [-0.4, -0.2) is 18.7 Å². The molecule has 5 rings (SSSR count). The number of aryl methyl sites for hydroxylation is 1. The Morgan fingerprint density at radius 1 is 0.812 bits per heavy atom. The fourth-order valence-corrected chi connectivity index (χ4v) is 8.40. The molecule has 264 valence electrons. The SMILES string of the molecule is C=CC1(CC(CC)C(CC)CC)CCN(c2ccc(C3c4ccc(OC(C)(C)C)cc4CCC3c3ccccc3)cc2)CC1.CC.CC. The quantitative estimate of drug-likeness (QED) is 0.191. The van der Waals surface area contributed by atoms with E-state index in [4.69, 9.17) is 4.74 Å². The summed E-state index contributed by atoms with van der Waals surface area (Å²) >= 11 is 0. The van der Waals surface area contributed by atoms with Crippen molar-refractivity contribution in [1.82, 2.24) is 0 Å². The predicted molar refractivity (Wildman–Crippen MR) is 212 cm³/mol. The molecule has 1 fully saturated rings. The Kier molecular flexibility index (Phi) is 15.3. The van der Waals surface area contributed by atoms with Crippen LogP contribution in [0.4, 0.5) is 5.69 Å². The molecule has 0 radical (unpaired) electrons. The number of fused-ring (bicyclic) bond motifs is 1. The number of piperidine rings is 1. The first-order chi connectivity index (χ1) is 23.2. The molecule has 3 aromatic carbocycles. The molecule has 0 aromatic heterocycles. The largest absolute Gasteiger partial charge is 0.488 e. The maximum Gasteiger partial charge on any atom is 0.120 e. The molecule has 3 unspecified atom stereocenters. The van der Waals surface area contributed by atoms with Crippen molar-refractivity contribution in [3.8, 4) is 5.75 Å². The summed E-state index contributed by atoms with van der Waals surface area (Å²) in [6.07, 6.45) is 12.1. The Bertz CT molecular complexity index is 1340. The summed E-state index contributed by atoms with van der Waals surface area (Å²) in [6, 6.07) is 27.6. The van der Waals surface area contributed by atoms with E-state index in [0.717, 1.165) is 43.5 Å². The van der Waals surface area contributed by atoms with Gasteiger partial charge < -0.3 is 9.64 Å². The number of ether oxygens (including phenoxy) is 1. The highest BCUT2D eigenvalue weighted by Crippen LogP contribution is 2.48. The lowest BCUT2D eigenvalue weighted by Gasteiger charge is -2.44. The first kappa shape index (κ1) is 39.4. The summed E-state index contributed by atoms with van der Waals surface area (Å²) in [5.41, 5.74) is 7.19. The van der Waals surface area contributed by atoms with E-state index in [0.29, 0.717) is 11.8 Å². The molecule has 1 heterocycles. The van der Waals surface area contributed by atoms with Crippen molar-refractivity contribution in [3.05, 3.63) is 108 Å². The third-order valence-corrected chi connectivity index (χ3v) is 10.9. The van der Waals surface area contributed by atoms with Crippen LogP contribution in [0.3, 0.4) is 0 Å². The fraction of sp³-hybridized carbons (Fsp3) is 0.565. The minimum atomic E-state index is -0.199. The van der Waals surface area contributed by atoms with Gasteiger partial charge in [0.25, 0.3) is 0 Å². The highest BCUT2D eigenvalue weighted by Gasteiger charge is 2.36. The van der Waals surface area contributed by atoms with E-state index in [1.54, 1.807) is 0 Å². The van der Waals surface area contributed by atoms with E-state index in [1.165, 1.54) is 66.5 Å². The molecule has 3 atom stereocenters. The van der Waals surface area contributed by atoms with Crippen molar-refractivity contribution >= 4 is 5.69 Å². The zero-order valence-corrected chi connectivity index (χ0v) is 32.4. The van der Waals surface area contributed by atoms with Crippen LogP contribution >= 0.6 is 0 Å². The third kappa shape index (κ3) is 9.79. The monoisotopic (exact) mass is 652 g/mol. The minimum Gasteiger partial charge on any atom is -0.488 e. The molecule has 1 saturated heterocycles. The van der Waals surface area contributed by atoms with Crippen LogP contribution in [0.2, 0.25) is 0 Å². The highest BCUT2D eigenvalue weighted by molar-refractivity contribution is 5.53. The lowest BCUT2D eigenvalue weighted by molar-refractivity contribution is 0.130. The number of rotatable bonds is 11. The van der Waals surface area contributed by atoms with Crippen LogP contribution in [0, 0.1) is 17.3 Å². The Labute approximate surface area is 296 Å². The highest BCUT2D eigenvalue weighted by atomic mass is 16.5. The zero-order valence-electron chi connectivity index (χ0n) is 32.4. The second kappa shape index (κ2) is 18.7. The Morgan fingerprint density at radius 2 is 1.42 bits per heavy atom. The second-order valence-electron chi connectivity index (χ2n) is 14.7. The second-order valence-corrected chi connectivity index (χ2v) is 14.7. The summed E-state index contributed by atoms with van der Waals surface area (Å²) in [7, 11) is 0. The fourth-order valence-electron chi connectivity index (χ4n) is 8.40. The van der Waals surface area contributed by atoms with Crippen LogP contribution in [0.15, 0.2) is 85.5 Å². The number of allylic oxidation sites excluding steroid dienone is 1. The van der Waals surface area contributed by atoms with E-state index in [9.17, 15) is 0 Å². The van der Waals surface area contributed by atoms with Crippen LogP contribution in [0.5, 0.6) is 5.75 Å². The van der Waals surface area contributed by atoms with Gasteiger partial charge in [-0.25, -0.2) is 0 Å². The van der Waals surface area contributed by atoms with Crippen molar-refractivity contribution in [2.45, 2.75) is 138 Å². The van der Waals surface area contributed by atoms with Gasteiger partial charge in [-0.3, -0.25) is 0 Å². The van der Waals surface area contributed by atoms with Crippen LogP contribution in [0.1, 0.15) is 148 Å². The van der Waals surface area contributed by atoms with Gasteiger partial charge in [-0.15, -0.1) is 6.58 Å². The summed E-state index contributed by atoms with van der Waals surface area (Å²) in [4.78, 5) is 2.61. The molecule has 0 amide bonds. The van der Waals surface area contributed by atoms with Crippen molar-refractivity contribution < 1.29 is 4.74 Å². The Hall–Kier alpha value is -3.00. The topological polar surface area (TPSA) is 12.5 Å². The van der Waals surface area contributed by atoms with Gasteiger partial charge in [0.15, 0.2) is 0 Å². The van der Waals surface area contributed by atoms with E-state index >= 15 is 0 Å². The molecule has 48 heavy (non-hydrogen) atoms. The van der Waals surface area contributed by atoms with Crippen LogP contribution in [-0.2, 0) is 6.42 Å². The normalized spacial score (nSPS) is 19.2. The van der Waals surface area contributed by atoms with Crippen molar-refractivity contribution in [2.75, 3.05) is 18.0 Å². The predicted octanol–water partition coefficient (Wildman–Crippen LogP) is 13.4. The smallest absolute Gasteiger partial charge is 0.120 e. The number of hydrogen-bond acceptors (Lipinski definition) is 2. The molecule has 0 N–H and O–H groups in total. The average molecular weight is 652 g/mol. The standard InChI is InChI=1S/C42H57NO.2C2H6/c1-8-31(9-2)32(10-3)30-42(11-4)25-27-43(28-26-42)36-20-17-34(18-21-36)40-38(33-15-13-12-14-16-33)23-19-35-29-37(22-24-39(35)40)44-41(5,6)7;2*1-2/h11-18,20-22,24,29,31-32,38,40H,4,8-10,19,23,25-28,30H2,1-3,5-7H3;2*1-2H3. The molecule has 3 aromatic rings. The Morgan fingerprint density at radius 3 is 1.96 bits per heavy atom. The molecule has 2 aliphatic rings. The summed E-state index contributed by atoms with van der Waals surface area (Å²) in [5.74, 6) is 3.43. The zero-order chi connectivity index (χ0) is 35.3. The minimum absolute atomic E-state index is 0.199. The van der Waals surface area contributed by atoms with Gasteiger partial charge in [0.1, 0.15) is 11.4 Å². The van der Waals surface area contributed by atoms with Crippen molar-refractivity contribution in [3.63, 3.8) is 0 Å². The molecule has 0 saturated carbocycles. The molecular formula is C46H69NO.